The van der Waals surface area contributed by atoms with Gasteiger partial charge >= 0.3 is 0 Å². The fourth-order valence-electron chi connectivity index (χ4n) is 2.58. The van der Waals surface area contributed by atoms with Crippen molar-refractivity contribution < 1.29 is 17.6 Å². The van der Waals surface area contributed by atoms with Gasteiger partial charge in [0.15, 0.2) is 0 Å². The minimum Gasteiger partial charge on any atom is -0.424 e. The van der Waals surface area contributed by atoms with Gasteiger partial charge in [0.2, 0.25) is 21.8 Å². The molecule has 23 heavy (non-hydrogen) atoms. The first-order valence-electron chi connectivity index (χ1n) is 7.51. The lowest BCUT2D eigenvalue weighted by Gasteiger charge is -2.32. The molecule has 1 atom stereocenters. The summed E-state index contributed by atoms with van der Waals surface area (Å²) in [5.41, 5.74) is 0.976. The summed E-state index contributed by atoms with van der Waals surface area (Å²) < 4.78 is 38.3. The van der Waals surface area contributed by atoms with E-state index < -0.39 is 16.1 Å². The number of benzene rings is 1. The maximum Gasteiger partial charge on any atom is 0.243 e. The Morgan fingerprint density at radius 1 is 1.35 bits per heavy atom. The van der Waals surface area contributed by atoms with Gasteiger partial charge in [-0.05, 0) is 24.1 Å². The van der Waals surface area contributed by atoms with Crippen LogP contribution in [0.5, 0.6) is 0 Å². The SMILES string of the molecule is CCc1cccc(S(=O)(=O)N2CCOCC2c2nnc(C)o2)c1. The van der Waals surface area contributed by atoms with Crippen LogP contribution in [0, 0.1) is 6.92 Å². The smallest absolute Gasteiger partial charge is 0.243 e. The molecule has 1 aromatic heterocycles. The molecule has 2 aromatic rings. The molecular weight excluding hydrogens is 318 g/mol. The molecule has 0 bridgehead atoms. The van der Waals surface area contributed by atoms with Crippen molar-refractivity contribution in [3.63, 3.8) is 0 Å². The second kappa shape index (κ2) is 6.38. The van der Waals surface area contributed by atoms with Gasteiger partial charge in [-0.2, -0.15) is 4.31 Å². The molecule has 0 saturated carbocycles. The van der Waals surface area contributed by atoms with Crippen molar-refractivity contribution in [2.45, 2.75) is 31.2 Å². The highest BCUT2D eigenvalue weighted by Gasteiger charge is 2.38. The fourth-order valence-corrected chi connectivity index (χ4v) is 4.20. The van der Waals surface area contributed by atoms with Crippen molar-refractivity contribution in [1.82, 2.24) is 14.5 Å². The Hall–Kier alpha value is -1.77. The van der Waals surface area contributed by atoms with Gasteiger partial charge in [-0.15, -0.1) is 10.2 Å². The van der Waals surface area contributed by atoms with E-state index in [1.54, 1.807) is 25.1 Å². The minimum absolute atomic E-state index is 0.203. The maximum absolute atomic E-state index is 13.0. The molecule has 1 saturated heterocycles. The average Bonchev–Trinajstić information content (AvgIpc) is 3.01. The van der Waals surface area contributed by atoms with Crippen molar-refractivity contribution in [2.24, 2.45) is 0 Å². The van der Waals surface area contributed by atoms with Crippen LogP contribution < -0.4 is 0 Å². The summed E-state index contributed by atoms with van der Waals surface area (Å²) in [5, 5.41) is 7.74. The molecule has 0 radical (unpaired) electrons. The van der Waals surface area contributed by atoms with Crippen LogP contribution in [0.4, 0.5) is 0 Å². The molecule has 0 spiro atoms. The van der Waals surface area contributed by atoms with Crippen LogP contribution in [-0.4, -0.2) is 42.7 Å². The van der Waals surface area contributed by atoms with E-state index in [1.807, 2.05) is 13.0 Å². The Balaban J connectivity index is 1.98. The molecule has 3 rings (SSSR count). The zero-order valence-electron chi connectivity index (χ0n) is 13.1. The first-order valence-corrected chi connectivity index (χ1v) is 8.95. The summed E-state index contributed by atoms with van der Waals surface area (Å²) in [6, 6.07) is 6.40. The summed E-state index contributed by atoms with van der Waals surface area (Å²) in [6.07, 6.45) is 0.777. The van der Waals surface area contributed by atoms with Crippen molar-refractivity contribution in [3.05, 3.63) is 41.6 Å². The van der Waals surface area contributed by atoms with Crippen LogP contribution in [0.25, 0.3) is 0 Å². The van der Waals surface area contributed by atoms with Crippen LogP contribution in [0.3, 0.4) is 0 Å². The second-order valence-corrected chi connectivity index (χ2v) is 7.26. The monoisotopic (exact) mass is 337 g/mol. The third-order valence-corrected chi connectivity index (χ3v) is 5.72. The Bertz CT molecular complexity index is 788. The van der Waals surface area contributed by atoms with Crippen LogP contribution in [0.1, 0.15) is 30.3 Å². The molecule has 1 fully saturated rings. The van der Waals surface area contributed by atoms with Gasteiger partial charge in [-0.25, -0.2) is 8.42 Å². The summed E-state index contributed by atoms with van der Waals surface area (Å²) >= 11 is 0. The third kappa shape index (κ3) is 3.15. The standard InChI is InChI=1S/C15H19N3O4S/c1-3-12-5-4-6-13(9-12)23(19,20)18-7-8-21-10-14(18)15-17-16-11(2)22-15/h4-6,9,14H,3,7-8,10H2,1-2H3. The third-order valence-electron chi connectivity index (χ3n) is 3.82. The molecule has 2 heterocycles. The van der Waals surface area contributed by atoms with Crippen LogP contribution in [0.15, 0.2) is 33.6 Å². The van der Waals surface area contributed by atoms with Crippen molar-refractivity contribution in [1.29, 1.82) is 0 Å². The van der Waals surface area contributed by atoms with Gasteiger partial charge in [0.1, 0.15) is 6.04 Å². The number of sulfonamides is 1. The van der Waals surface area contributed by atoms with E-state index >= 15 is 0 Å². The van der Waals surface area contributed by atoms with Crippen LogP contribution in [0.2, 0.25) is 0 Å². The molecular formula is C15H19N3O4S. The van der Waals surface area contributed by atoms with Gasteiger partial charge in [0.05, 0.1) is 18.1 Å². The number of ether oxygens (including phenoxy) is 1. The number of aryl methyl sites for hydroxylation is 2. The van der Waals surface area contributed by atoms with Gasteiger partial charge in [-0.1, -0.05) is 19.1 Å². The molecule has 1 aromatic carbocycles. The lowest BCUT2D eigenvalue weighted by molar-refractivity contribution is 0.0221. The molecule has 124 valence electrons. The highest BCUT2D eigenvalue weighted by molar-refractivity contribution is 7.89. The fraction of sp³-hybridized carbons (Fsp3) is 0.467. The molecule has 0 amide bonds. The molecule has 1 unspecified atom stereocenters. The summed E-state index contributed by atoms with van der Waals surface area (Å²) in [7, 11) is -3.66. The number of hydrogen-bond donors (Lipinski definition) is 0. The zero-order chi connectivity index (χ0) is 16.4. The number of hydrogen-bond acceptors (Lipinski definition) is 6. The van der Waals surface area contributed by atoms with Crippen molar-refractivity contribution in [3.8, 4) is 0 Å². The van der Waals surface area contributed by atoms with Crippen LogP contribution in [-0.2, 0) is 21.2 Å². The topological polar surface area (TPSA) is 85.5 Å². The van der Waals surface area contributed by atoms with Crippen molar-refractivity contribution >= 4 is 10.0 Å². The first kappa shape index (κ1) is 16.1. The average molecular weight is 337 g/mol. The summed E-state index contributed by atoms with van der Waals surface area (Å²) in [4.78, 5) is 0.278. The first-order chi connectivity index (χ1) is 11.0. The van der Waals surface area contributed by atoms with E-state index in [9.17, 15) is 8.42 Å². The Kier molecular flexibility index (Phi) is 4.47. The van der Waals surface area contributed by atoms with Crippen molar-refractivity contribution in [2.75, 3.05) is 19.8 Å². The summed E-state index contributed by atoms with van der Waals surface area (Å²) in [5.74, 6) is 0.660. The van der Waals surface area contributed by atoms with E-state index in [1.165, 1.54) is 4.31 Å². The number of rotatable bonds is 4. The summed E-state index contributed by atoms with van der Waals surface area (Å²) in [6.45, 7) is 4.46. The molecule has 7 nitrogen and oxygen atoms in total. The van der Waals surface area contributed by atoms with Gasteiger partial charge in [-0.3, -0.25) is 0 Å². The van der Waals surface area contributed by atoms with E-state index in [0.717, 1.165) is 12.0 Å². The van der Waals surface area contributed by atoms with Gasteiger partial charge < -0.3 is 9.15 Å². The molecule has 0 N–H and O–H groups in total. The van der Waals surface area contributed by atoms with E-state index in [2.05, 4.69) is 10.2 Å². The molecule has 8 heteroatoms. The quantitative estimate of drug-likeness (QED) is 0.844. The molecule has 0 aliphatic carbocycles. The maximum atomic E-state index is 13.0. The Morgan fingerprint density at radius 2 is 2.17 bits per heavy atom. The van der Waals surface area contributed by atoms with Gasteiger partial charge in [0.25, 0.3) is 0 Å². The van der Waals surface area contributed by atoms with Gasteiger partial charge in [0, 0.05) is 13.5 Å². The zero-order valence-corrected chi connectivity index (χ0v) is 13.9. The predicted molar refractivity (Wildman–Crippen MR) is 82.3 cm³/mol. The predicted octanol–water partition coefficient (Wildman–Crippen LogP) is 1.70. The Labute approximate surface area is 135 Å². The van der Waals surface area contributed by atoms with Crippen LogP contribution >= 0.6 is 0 Å². The van der Waals surface area contributed by atoms with E-state index in [0.29, 0.717) is 12.5 Å². The minimum atomic E-state index is -3.66. The second-order valence-electron chi connectivity index (χ2n) is 5.37. The number of nitrogens with zero attached hydrogens (tertiary/aromatic N) is 3. The lowest BCUT2D eigenvalue weighted by Crippen LogP contribution is -2.43. The lowest BCUT2D eigenvalue weighted by atomic mass is 10.2. The molecule has 1 aliphatic rings. The molecule has 1 aliphatic heterocycles. The highest BCUT2D eigenvalue weighted by Crippen LogP contribution is 2.30. The normalized spacial score (nSPS) is 19.8. The number of morpholine rings is 1. The highest BCUT2D eigenvalue weighted by atomic mass is 32.2. The number of aromatic nitrogens is 2. The Morgan fingerprint density at radius 3 is 2.87 bits per heavy atom. The van der Waals surface area contributed by atoms with E-state index in [4.69, 9.17) is 9.15 Å². The largest absolute Gasteiger partial charge is 0.424 e. The van der Waals surface area contributed by atoms with E-state index in [-0.39, 0.29) is 23.9 Å².